The van der Waals surface area contributed by atoms with E-state index in [1.807, 2.05) is 0 Å². The minimum atomic E-state index is -0.738. The molecular formula is C13H13N3O5. The average molecular weight is 291 g/mol. The molecule has 0 bridgehead atoms. The predicted octanol–water partition coefficient (Wildman–Crippen LogP) is -0.924. The van der Waals surface area contributed by atoms with E-state index in [0.717, 1.165) is 4.90 Å². The molecule has 1 fully saturated rings. The summed E-state index contributed by atoms with van der Waals surface area (Å²) >= 11 is 0. The van der Waals surface area contributed by atoms with Crippen molar-refractivity contribution in [3.8, 4) is 11.5 Å². The summed E-state index contributed by atoms with van der Waals surface area (Å²) in [4.78, 5) is 37.4. The van der Waals surface area contributed by atoms with Crippen molar-refractivity contribution in [3.05, 3.63) is 18.2 Å². The smallest absolute Gasteiger partial charge is 0.316 e. The fraction of sp³-hybridized carbons (Fsp3) is 0.308. The lowest BCUT2D eigenvalue weighted by Crippen LogP contribution is -2.56. The number of carbonyl (C=O) groups is 3. The van der Waals surface area contributed by atoms with Gasteiger partial charge < -0.3 is 25.0 Å². The molecule has 2 N–H and O–H groups in total. The van der Waals surface area contributed by atoms with Gasteiger partial charge in [0.15, 0.2) is 11.5 Å². The van der Waals surface area contributed by atoms with Gasteiger partial charge in [0, 0.05) is 24.8 Å². The number of benzene rings is 1. The van der Waals surface area contributed by atoms with Gasteiger partial charge in [-0.05, 0) is 12.1 Å². The first-order chi connectivity index (χ1) is 10.1. The Morgan fingerprint density at radius 2 is 1.90 bits per heavy atom. The molecule has 0 atom stereocenters. The summed E-state index contributed by atoms with van der Waals surface area (Å²) in [5.74, 6) is -0.941. The summed E-state index contributed by atoms with van der Waals surface area (Å²) in [6.07, 6.45) is 0. The highest BCUT2D eigenvalue weighted by Gasteiger charge is 2.34. The van der Waals surface area contributed by atoms with Gasteiger partial charge in [-0.15, -0.1) is 0 Å². The number of hydrogen-bond donors (Lipinski definition) is 1. The molecule has 0 spiro atoms. The third-order valence-electron chi connectivity index (χ3n) is 3.32. The van der Waals surface area contributed by atoms with Crippen molar-refractivity contribution < 1.29 is 23.9 Å². The molecule has 2 aliphatic rings. The van der Waals surface area contributed by atoms with Crippen LogP contribution in [0, 0.1) is 0 Å². The van der Waals surface area contributed by atoms with Crippen molar-refractivity contribution in [1.82, 2.24) is 4.90 Å². The fourth-order valence-electron chi connectivity index (χ4n) is 2.31. The quantitative estimate of drug-likeness (QED) is 0.725. The molecule has 1 aromatic rings. The van der Waals surface area contributed by atoms with Crippen molar-refractivity contribution in [1.29, 1.82) is 0 Å². The van der Waals surface area contributed by atoms with E-state index in [4.69, 9.17) is 15.2 Å². The molecule has 1 aromatic carbocycles. The summed E-state index contributed by atoms with van der Waals surface area (Å²) in [7, 11) is 0. The second-order valence-electron chi connectivity index (χ2n) is 4.69. The predicted molar refractivity (Wildman–Crippen MR) is 70.7 cm³/mol. The van der Waals surface area contributed by atoms with Gasteiger partial charge in [0.05, 0.1) is 6.54 Å². The molecule has 0 aliphatic carbocycles. The Morgan fingerprint density at radius 1 is 1.14 bits per heavy atom. The molecule has 21 heavy (non-hydrogen) atoms. The maximum atomic E-state index is 12.1. The van der Waals surface area contributed by atoms with Crippen LogP contribution >= 0.6 is 0 Å². The van der Waals surface area contributed by atoms with Crippen molar-refractivity contribution in [2.24, 2.45) is 5.73 Å². The molecule has 0 saturated carbocycles. The molecule has 2 aliphatic heterocycles. The Morgan fingerprint density at radius 3 is 2.67 bits per heavy atom. The molecule has 2 heterocycles. The Balaban J connectivity index is 1.80. The number of nitrogens with zero attached hydrogens (tertiary/aromatic N) is 2. The number of primary amides is 1. The first-order valence-corrected chi connectivity index (χ1v) is 6.35. The zero-order valence-electron chi connectivity index (χ0n) is 11.1. The molecular weight excluding hydrogens is 278 g/mol. The Labute approximate surface area is 120 Å². The van der Waals surface area contributed by atoms with Crippen molar-refractivity contribution >= 4 is 23.4 Å². The Kier molecular flexibility index (Phi) is 3.13. The number of carbonyl (C=O) groups excluding carboxylic acids is 3. The Bertz CT molecular complexity index is 630. The van der Waals surface area contributed by atoms with Gasteiger partial charge in [-0.3, -0.25) is 14.4 Å². The van der Waals surface area contributed by atoms with E-state index in [1.54, 1.807) is 18.2 Å². The summed E-state index contributed by atoms with van der Waals surface area (Å²) in [5.41, 5.74) is 5.60. The zero-order valence-corrected chi connectivity index (χ0v) is 11.1. The normalized spacial score (nSPS) is 17.3. The van der Waals surface area contributed by atoms with E-state index in [2.05, 4.69) is 0 Å². The minimum absolute atomic E-state index is 0.137. The number of rotatable bonds is 3. The minimum Gasteiger partial charge on any atom is -0.454 e. The Hall–Kier alpha value is -2.77. The molecule has 110 valence electrons. The second kappa shape index (κ2) is 4.97. The average Bonchev–Trinajstić information content (AvgIpc) is 2.91. The van der Waals surface area contributed by atoms with Gasteiger partial charge in [0.25, 0.3) is 0 Å². The van der Waals surface area contributed by atoms with E-state index in [0.29, 0.717) is 17.2 Å². The van der Waals surface area contributed by atoms with Gasteiger partial charge in [0.1, 0.15) is 0 Å². The topological polar surface area (TPSA) is 102 Å². The maximum Gasteiger partial charge on any atom is 0.316 e. The molecule has 1 saturated heterocycles. The largest absolute Gasteiger partial charge is 0.454 e. The number of fused-ring (bicyclic) bond motifs is 1. The molecule has 0 aromatic heterocycles. The van der Waals surface area contributed by atoms with Crippen LogP contribution in [0.1, 0.15) is 0 Å². The van der Waals surface area contributed by atoms with E-state index in [1.165, 1.54) is 4.90 Å². The molecule has 8 nitrogen and oxygen atoms in total. The van der Waals surface area contributed by atoms with E-state index in [-0.39, 0.29) is 26.4 Å². The third-order valence-corrected chi connectivity index (χ3v) is 3.32. The number of piperazine rings is 1. The summed E-state index contributed by atoms with van der Waals surface area (Å²) in [5, 5.41) is 0. The summed E-state index contributed by atoms with van der Waals surface area (Å²) < 4.78 is 10.4. The monoisotopic (exact) mass is 291 g/mol. The highest BCUT2D eigenvalue weighted by atomic mass is 16.7. The highest BCUT2D eigenvalue weighted by molar-refractivity contribution is 6.41. The lowest BCUT2D eigenvalue weighted by Gasteiger charge is -2.33. The van der Waals surface area contributed by atoms with Crippen LogP contribution in [0.25, 0.3) is 0 Å². The van der Waals surface area contributed by atoms with Crippen LogP contribution in [0.5, 0.6) is 11.5 Å². The van der Waals surface area contributed by atoms with Crippen LogP contribution in [0.15, 0.2) is 18.2 Å². The third kappa shape index (κ3) is 2.35. The van der Waals surface area contributed by atoms with Crippen molar-refractivity contribution in [2.75, 3.05) is 31.3 Å². The number of ether oxygens (including phenoxy) is 2. The highest BCUT2D eigenvalue weighted by Crippen LogP contribution is 2.35. The summed E-state index contributed by atoms with van der Waals surface area (Å²) in [6.45, 7) is 0.428. The van der Waals surface area contributed by atoms with Crippen molar-refractivity contribution in [2.45, 2.75) is 0 Å². The van der Waals surface area contributed by atoms with Crippen LogP contribution < -0.4 is 20.1 Å². The SMILES string of the molecule is NC(=O)CN1CCN(c2ccc3c(c2)OCO3)C(=O)C1=O. The molecule has 0 unspecified atom stereocenters. The van der Waals surface area contributed by atoms with Gasteiger partial charge in [0.2, 0.25) is 12.7 Å². The molecule has 8 heteroatoms. The van der Waals surface area contributed by atoms with Crippen LogP contribution in [0.2, 0.25) is 0 Å². The van der Waals surface area contributed by atoms with Crippen LogP contribution in [-0.2, 0) is 14.4 Å². The first-order valence-electron chi connectivity index (χ1n) is 6.35. The lowest BCUT2D eigenvalue weighted by molar-refractivity contribution is -0.147. The second-order valence-corrected chi connectivity index (χ2v) is 4.69. The molecule has 3 amide bonds. The van der Waals surface area contributed by atoms with Gasteiger partial charge in [-0.1, -0.05) is 0 Å². The zero-order chi connectivity index (χ0) is 15.0. The maximum absolute atomic E-state index is 12.1. The van der Waals surface area contributed by atoms with Crippen LogP contribution in [0.3, 0.4) is 0 Å². The van der Waals surface area contributed by atoms with Gasteiger partial charge in [-0.2, -0.15) is 0 Å². The summed E-state index contributed by atoms with van der Waals surface area (Å²) in [6, 6.07) is 5.02. The molecule has 0 radical (unpaired) electrons. The van der Waals surface area contributed by atoms with Gasteiger partial charge in [-0.25, -0.2) is 0 Å². The van der Waals surface area contributed by atoms with Gasteiger partial charge >= 0.3 is 11.8 Å². The number of nitrogens with two attached hydrogens (primary N) is 1. The number of anilines is 1. The van der Waals surface area contributed by atoms with Crippen LogP contribution in [0.4, 0.5) is 5.69 Å². The first kappa shape index (κ1) is 13.2. The van der Waals surface area contributed by atoms with Crippen LogP contribution in [-0.4, -0.2) is 49.0 Å². The molecule has 3 rings (SSSR count). The number of amides is 3. The van der Waals surface area contributed by atoms with E-state index >= 15 is 0 Å². The standard InChI is InChI=1S/C13H13N3O5/c14-11(17)6-15-3-4-16(13(19)12(15)18)8-1-2-9-10(5-8)21-7-20-9/h1-2,5H,3-4,6-7H2,(H2,14,17). The fourth-order valence-corrected chi connectivity index (χ4v) is 2.31. The lowest BCUT2D eigenvalue weighted by atomic mass is 10.2. The van der Waals surface area contributed by atoms with E-state index in [9.17, 15) is 14.4 Å². The van der Waals surface area contributed by atoms with E-state index < -0.39 is 17.7 Å². The number of hydrogen-bond acceptors (Lipinski definition) is 5. The van der Waals surface area contributed by atoms with Crippen molar-refractivity contribution in [3.63, 3.8) is 0 Å².